The van der Waals surface area contributed by atoms with E-state index in [9.17, 15) is 4.79 Å². The highest BCUT2D eigenvalue weighted by Crippen LogP contribution is 2.38. The molecule has 5 nitrogen and oxygen atoms in total. The highest BCUT2D eigenvalue weighted by molar-refractivity contribution is 5.92. The van der Waals surface area contributed by atoms with Crippen LogP contribution in [0.1, 0.15) is 29.8 Å². The van der Waals surface area contributed by atoms with E-state index < -0.39 is 0 Å². The Morgan fingerprint density at radius 1 is 1.39 bits per heavy atom. The predicted octanol–water partition coefficient (Wildman–Crippen LogP) is 0.636. The maximum Gasteiger partial charge on any atom is 0.274 e. The monoisotopic (exact) mass is 248 g/mol. The fourth-order valence-electron chi connectivity index (χ4n) is 3.16. The molecule has 0 saturated carbocycles. The summed E-state index contributed by atoms with van der Waals surface area (Å²) in [6.45, 7) is 3.97. The fraction of sp³-hybridized carbons (Fsp3) is 0.692. The molecule has 18 heavy (non-hydrogen) atoms. The van der Waals surface area contributed by atoms with Gasteiger partial charge in [0.2, 0.25) is 0 Å². The number of likely N-dealkylation sites (tertiary alicyclic amines) is 1. The minimum absolute atomic E-state index is 0.0889. The van der Waals surface area contributed by atoms with Crippen LogP contribution in [-0.4, -0.2) is 46.5 Å². The number of nitrogens with one attached hydrogen (secondary N) is 1. The molecular formula is C13H20N4O. The normalized spacial score (nSPS) is 22.6. The van der Waals surface area contributed by atoms with Gasteiger partial charge < -0.3 is 14.8 Å². The molecule has 1 N–H and O–H groups in total. The smallest absolute Gasteiger partial charge is 0.274 e. The molecule has 0 radical (unpaired) electrons. The molecule has 2 aliphatic heterocycles. The van der Waals surface area contributed by atoms with E-state index >= 15 is 0 Å². The van der Waals surface area contributed by atoms with Crippen molar-refractivity contribution in [2.45, 2.75) is 19.3 Å². The van der Waals surface area contributed by atoms with Gasteiger partial charge in [-0.05, 0) is 37.8 Å². The van der Waals surface area contributed by atoms with E-state index in [1.54, 1.807) is 12.5 Å². The van der Waals surface area contributed by atoms with Crippen molar-refractivity contribution in [2.24, 2.45) is 12.5 Å². The third-order valence-corrected chi connectivity index (χ3v) is 4.31. The number of hydrogen-bond acceptors (Lipinski definition) is 3. The van der Waals surface area contributed by atoms with Crippen LogP contribution in [0, 0.1) is 5.41 Å². The summed E-state index contributed by atoms with van der Waals surface area (Å²) in [5.74, 6) is 0.0889. The van der Waals surface area contributed by atoms with Gasteiger partial charge in [0.25, 0.3) is 5.91 Å². The molecule has 1 aromatic rings. The summed E-state index contributed by atoms with van der Waals surface area (Å²) in [5.41, 5.74) is 0.943. The molecular weight excluding hydrogens is 228 g/mol. The van der Waals surface area contributed by atoms with E-state index in [1.807, 2.05) is 16.5 Å². The highest BCUT2D eigenvalue weighted by atomic mass is 16.2. The average molecular weight is 248 g/mol. The van der Waals surface area contributed by atoms with Crippen LogP contribution < -0.4 is 5.32 Å². The van der Waals surface area contributed by atoms with E-state index in [0.717, 1.165) is 32.6 Å². The molecule has 1 amide bonds. The van der Waals surface area contributed by atoms with E-state index in [1.165, 1.54) is 12.8 Å². The number of carbonyl (C=O) groups excluding carboxylic acids is 1. The fourth-order valence-corrected chi connectivity index (χ4v) is 3.16. The van der Waals surface area contributed by atoms with Gasteiger partial charge >= 0.3 is 0 Å². The van der Waals surface area contributed by atoms with Gasteiger partial charge in [0, 0.05) is 26.3 Å². The van der Waals surface area contributed by atoms with Gasteiger partial charge in [-0.2, -0.15) is 0 Å². The number of amides is 1. The summed E-state index contributed by atoms with van der Waals surface area (Å²) in [5, 5.41) is 3.40. The molecule has 5 heteroatoms. The Morgan fingerprint density at radius 3 is 2.83 bits per heavy atom. The lowest BCUT2D eigenvalue weighted by Gasteiger charge is -2.33. The zero-order valence-corrected chi connectivity index (χ0v) is 10.9. The van der Waals surface area contributed by atoms with Crippen LogP contribution in [0.4, 0.5) is 0 Å². The largest absolute Gasteiger partial charge is 0.340 e. The number of aryl methyl sites for hydroxylation is 1. The molecule has 3 rings (SSSR count). The Kier molecular flexibility index (Phi) is 2.86. The van der Waals surface area contributed by atoms with E-state index in [0.29, 0.717) is 11.1 Å². The number of nitrogens with zero attached hydrogens (tertiary/aromatic N) is 3. The maximum absolute atomic E-state index is 12.3. The quantitative estimate of drug-likeness (QED) is 0.793. The first kappa shape index (κ1) is 11.7. The third kappa shape index (κ3) is 2.03. The SMILES string of the molecule is Cn1cnc(C(=O)N2CCC3(CCNCC3)C2)c1. The summed E-state index contributed by atoms with van der Waals surface area (Å²) in [7, 11) is 1.89. The Labute approximate surface area is 107 Å². The summed E-state index contributed by atoms with van der Waals surface area (Å²) in [6.07, 6.45) is 7.02. The van der Waals surface area contributed by atoms with Crippen LogP contribution in [0.2, 0.25) is 0 Å². The molecule has 0 aromatic carbocycles. The molecule has 0 bridgehead atoms. The van der Waals surface area contributed by atoms with Gasteiger partial charge in [-0.25, -0.2) is 4.98 Å². The predicted molar refractivity (Wildman–Crippen MR) is 68.3 cm³/mol. The van der Waals surface area contributed by atoms with Crippen LogP contribution in [0.25, 0.3) is 0 Å². The van der Waals surface area contributed by atoms with Crippen LogP contribution >= 0.6 is 0 Å². The standard InChI is InChI=1S/C13H20N4O/c1-16-8-11(15-10-16)12(18)17-7-4-13(9-17)2-5-14-6-3-13/h8,10,14H,2-7,9H2,1H3. The summed E-state index contributed by atoms with van der Waals surface area (Å²) >= 11 is 0. The summed E-state index contributed by atoms with van der Waals surface area (Å²) in [6, 6.07) is 0. The van der Waals surface area contributed by atoms with Crippen LogP contribution in [-0.2, 0) is 7.05 Å². The van der Waals surface area contributed by atoms with Crippen molar-refractivity contribution >= 4 is 5.91 Å². The second-order valence-corrected chi connectivity index (χ2v) is 5.65. The van der Waals surface area contributed by atoms with Gasteiger partial charge in [0.15, 0.2) is 0 Å². The molecule has 0 atom stereocenters. The summed E-state index contributed by atoms with van der Waals surface area (Å²) in [4.78, 5) is 18.5. The van der Waals surface area contributed by atoms with Gasteiger partial charge in [0.1, 0.15) is 5.69 Å². The van der Waals surface area contributed by atoms with E-state index in [-0.39, 0.29) is 5.91 Å². The topological polar surface area (TPSA) is 50.2 Å². The Bertz CT molecular complexity index is 448. The van der Waals surface area contributed by atoms with Crippen molar-refractivity contribution in [3.63, 3.8) is 0 Å². The van der Waals surface area contributed by atoms with Crippen LogP contribution in [0.3, 0.4) is 0 Å². The first-order valence-corrected chi connectivity index (χ1v) is 6.67. The number of imidazole rings is 1. The zero-order valence-electron chi connectivity index (χ0n) is 10.9. The molecule has 1 spiro atoms. The molecule has 3 heterocycles. The number of carbonyl (C=O) groups is 1. The second-order valence-electron chi connectivity index (χ2n) is 5.65. The first-order valence-electron chi connectivity index (χ1n) is 6.67. The second kappa shape index (κ2) is 4.39. The number of hydrogen-bond donors (Lipinski definition) is 1. The third-order valence-electron chi connectivity index (χ3n) is 4.31. The van der Waals surface area contributed by atoms with Gasteiger partial charge in [-0.15, -0.1) is 0 Å². The van der Waals surface area contributed by atoms with Gasteiger partial charge in [-0.1, -0.05) is 0 Å². The van der Waals surface area contributed by atoms with Crippen LogP contribution in [0.5, 0.6) is 0 Å². The number of aromatic nitrogens is 2. The Morgan fingerprint density at radius 2 is 2.17 bits per heavy atom. The minimum atomic E-state index is 0.0889. The van der Waals surface area contributed by atoms with Crippen molar-refractivity contribution in [2.75, 3.05) is 26.2 Å². The zero-order chi connectivity index (χ0) is 12.6. The maximum atomic E-state index is 12.3. The van der Waals surface area contributed by atoms with Crippen molar-refractivity contribution in [3.8, 4) is 0 Å². The molecule has 2 saturated heterocycles. The lowest BCUT2D eigenvalue weighted by atomic mass is 9.78. The van der Waals surface area contributed by atoms with Gasteiger partial charge in [0.05, 0.1) is 6.33 Å². The molecule has 1 aromatic heterocycles. The van der Waals surface area contributed by atoms with Crippen molar-refractivity contribution < 1.29 is 4.79 Å². The van der Waals surface area contributed by atoms with Crippen molar-refractivity contribution in [1.29, 1.82) is 0 Å². The van der Waals surface area contributed by atoms with Crippen molar-refractivity contribution in [3.05, 3.63) is 18.2 Å². The van der Waals surface area contributed by atoms with E-state index in [4.69, 9.17) is 0 Å². The van der Waals surface area contributed by atoms with Crippen LogP contribution in [0.15, 0.2) is 12.5 Å². The molecule has 0 unspecified atom stereocenters. The average Bonchev–Trinajstić information content (AvgIpc) is 2.97. The number of piperidine rings is 1. The van der Waals surface area contributed by atoms with Crippen molar-refractivity contribution in [1.82, 2.24) is 19.8 Å². The lowest BCUT2D eigenvalue weighted by molar-refractivity contribution is 0.0756. The molecule has 0 aliphatic carbocycles. The molecule has 2 fully saturated rings. The number of rotatable bonds is 1. The summed E-state index contributed by atoms with van der Waals surface area (Å²) < 4.78 is 1.82. The molecule has 98 valence electrons. The highest BCUT2D eigenvalue weighted by Gasteiger charge is 2.40. The molecule has 2 aliphatic rings. The minimum Gasteiger partial charge on any atom is -0.340 e. The van der Waals surface area contributed by atoms with E-state index in [2.05, 4.69) is 10.3 Å². The first-order chi connectivity index (χ1) is 8.69. The van der Waals surface area contributed by atoms with Gasteiger partial charge in [-0.3, -0.25) is 4.79 Å². The Balaban J connectivity index is 1.70. The Hall–Kier alpha value is -1.36. The lowest BCUT2D eigenvalue weighted by Crippen LogP contribution is -2.39.